The number of benzene rings is 1. The highest BCUT2D eigenvalue weighted by Gasteiger charge is 2.23. The second kappa shape index (κ2) is 12.0. The number of pyridine rings is 1. The van der Waals surface area contributed by atoms with Crippen LogP contribution in [0.2, 0.25) is 0 Å². The lowest BCUT2D eigenvalue weighted by atomic mass is 10.1. The summed E-state index contributed by atoms with van der Waals surface area (Å²) in [6.45, 7) is 8.78. The third-order valence-electron chi connectivity index (χ3n) is 5.08. The normalized spacial score (nSPS) is 15.7. The maximum Gasteiger partial charge on any atom is 0.191 e. The fourth-order valence-electron chi connectivity index (χ4n) is 3.56. The molecule has 1 aliphatic rings. The van der Waals surface area contributed by atoms with Gasteiger partial charge >= 0.3 is 0 Å². The summed E-state index contributed by atoms with van der Waals surface area (Å²) in [4.78, 5) is 11.8. The van der Waals surface area contributed by atoms with Gasteiger partial charge in [0.15, 0.2) is 5.96 Å². The van der Waals surface area contributed by atoms with E-state index in [1.54, 1.807) is 0 Å². The van der Waals surface area contributed by atoms with Crippen LogP contribution >= 0.6 is 24.0 Å². The zero-order valence-electron chi connectivity index (χ0n) is 16.9. The van der Waals surface area contributed by atoms with Crippen LogP contribution < -0.4 is 10.6 Å². The molecule has 1 atom stereocenters. The van der Waals surface area contributed by atoms with Crippen molar-refractivity contribution in [1.82, 2.24) is 20.5 Å². The molecule has 0 spiro atoms. The van der Waals surface area contributed by atoms with Crippen LogP contribution in [-0.4, -0.2) is 42.0 Å². The number of aliphatic imine (C=N–C) groups is 1. The third kappa shape index (κ3) is 6.44. The van der Waals surface area contributed by atoms with E-state index < -0.39 is 0 Å². The lowest BCUT2D eigenvalue weighted by Gasteiger charge is -2.29. The molecule has 2 aromatic rings. The number of aromatic nitrogens is 1. The first-order chi connectivity index (χ1) is 13.3. The molecule has 3 rings (SSSR count). The van der Waals surface area contributed by atoms with E-state index in [1.807, 2.05) is 12.3 Å². The van der Waals surface area contributed by atoms with Crippen molar-refractivity contribution in [3.05, 3.63) is 65.5 Å². The Kier molecular flexibility index (Phi) is 9.70. The van der Waals surface area contributed by atoms with Crippen LogP contribution in [0.3, 0.4) is 0 Å². The maximum absolute atomic E-state index is 4.75. The topological polar surface area (TPSA) is 52.6 Å². The molecule has 1 aromatic carbocycles. The summed E-state index contributed by atoms with van der Waals surface area (Å²) >= 11 is 0. The lowest BCUT2D eigenvalue weighted by molar-refractivity contribution is 0.245. The molecule has 0 saturated carbocycles. The average Bonchev–Trinajstić information content (AvgIpc) is 3.22. The van der Waals surface area contributed by atoms with Gasteiger partial charge < -0.3 is 10.6 Å². The number of hydrogen-bond acceptors (Lipinski definition) is 3. The van der Waals surface area contributed by atoms with Crippen molar-refractivity contribution >= 4 is 29.9 Å². The molecular weight excluding hydrogens is 461 g/mol. The summed E-state index contributed by atoms with van der Waals surface area (Å²) in [5.41, 5.74) is 3.56. The highest BCUT2D eigenvalue weighted by Crippen LogP contribution is 2.24. The van der Waals surface area contributed by atoms with Crippen LogP contribution in [0.1, 0.15) is 42.6 Å². The Morgan fingerprint density at radius 3 is 2.54 bits per heavy atom. The number of rotatable bonds is 7. The quantitative estimate of drug-likeness (QED) is 0.349. The number of hydrogen-bond donors (Lipinski definition) is 2. The number of aryl methyl sites for hydroxylation is 1. The molecule has 1 aromatic heterocycles. The first kappa shape index (κ1) is 22.6. The minimum atomic E-state index is 0. The summed E-state index contributed by atoms with van der Waals surface area (Å²) < 4.78 is 0. The van der Waals surface area contributed by atoms with E-state index in [0.717, 1.165) is 24.7 Å². The van der Waals surface area contributed by atoms with Gasteiger partial charge in [-0.15, -0.1) is 24.0 Å². The fraction of sp³-hybridized carbons (Fsp3) is 0.455. The van der Waals surface area contributed by atoms with E-state index >= 15 is 0 Å². The standard InChI is InChI=1S/C22H31N5.HI/c1-3-23-22(25-16-20-18(2)10-9-13-24-20)26-17-21(27-14-7-8-15-27)19-11-5-4-6-12-19;/h4-6,9-13,21H,3,7-8,14-17H2,1-2H3,(H2,23,25,26);1H. The summed E-state index contributed by atoms with van der Waals surface area (Å²) in [5.74, 6) is 0.850. The second-order valence-corrected chi connectivity index (χ2v) is 7.01. The van der Waals surface area contributed by atoms with Crippen molar-refractivity contribution in [3.63, 3.8) is 0 Å². The number of likely N-dealkylation sites (tertiary alicyclic amines) is 1. The van der Waals surface area contributed by atoms with Gasteiger partial charge in [-0.1, -0.05) is 36.4 Å². The Bertz CT molecular complexity index is 729. The summed E-state index contributed by atoms with van der Waals surface area (Å²) in [5, 5.41) is 6.92. The predicted molar refractivity (Wildman–Crippen MR) is 127 cm³/mol. The van der Waals surface area contributed by atoms with Crippen molar-refractivity contribution in [2.24, 2.45) is 4.99 Å². The Labute approximate surface area is 186 Å². The van der Waals surface area contributed by atoms with E-state index in [9.17, 15) is 0 Å². The molecule has 1 fully saturated rings. The van der Waals surface area contributed by atoms with E-state index in [2.05, 4.69) is 70.8 Å². The monoisotopic (exact) mass is 493 g/mol. The molecule has 0 radical (unpaired) electrons. The molecule has 0 amide bonds. The molecular formula is C22H32IN5. The number of nitrogens with one attached hydrogen (secondary N) is 2. The van der Waals surface area contributed by atoms with E-state index in [1.165, 1.54) is 37.1 Å². The van der Waals surface area contributed by atoms with E-state index in [4.69, 9.17) is 4.99 Å². The summed E-state index contributed by atoms with van der Waals surface area (Å²) in [7, 11) is 0. The lowest BCUT2D eigenvalue weighted by Crippen LogP contribution is -2.42. The van der Waals surface area contributed by atoms with Gasteiger partial charge in [0, 0.05) is 19.3 Å². The number of nitrogens with zero attached hydrogens (tertiary/aromatic N) is 3. The molecule has 2 heterocycles. The summed E-state index contributed by atoms with van der Waals surface area (Å²) in [6.07, 6.45) is 4.41. The molecule has 5 nitrogen and oxygen atoms in total. The Morgan fingerprint density at radius 1 is 1.11 bits per heavy atom. The van der Waals surface area contributed by atoms with Crippen molar-refractivity contribution in [3.8, 4) is 0 Å². The van der Waals surface area contributed by atoms with Gasteiger partial charge in [-0.2, -0.15) is 0 Å². The number of guanidine groups is 1. The molecule has 28 heavy (non-hydrogen) atoms. The van der Waals surface area contributed by atoms with Gasteiger partial charge in [-0.3, -0.25) is 9.88 Å². The third-order valence-corrected chi connectivity index (χ3v) is 5.08. The van der Waals surface area contributed by atoms with Crippen molar-refractivity contribution < 1.29 is 0 Å². The minimum Gasteiger partial charge on any atom is -0.357 e. The Hall–Kier alpha value is -1.67. The van der Waals surface area contributed by atoms with Crippen LogP contribution in [0.15, 0.2) is 53.7 Å². The Morgan fingerprint density at radius 2 is 1.86 bits per heavy atom. The molecule has 2 N–H and O–H groups in total. The van der Waals surface area contributed by atoms with E-state index in [-0.39, 0.29) is 24.0 Å². The van der Waals surface area contributed by atoms with Crippen LogP contribution in [0.4, 0.5) is 0 Å². The van der Waals surface area contributed by atoms with Gasteiger partial charge in [-0.05, 0) is 57.0 Å². The van der Waals surface area contributed by atoms with Gasteiger partial charge in [-0.25, -0.2) is 4.99 Å². The van der Waals surface area contributed by atoms with Crippen LogP contribution in [-0.2, 0) is 6.54 Å². The average molecular weight is 493 g/mol. The molecule has 1 unspecified atom stereocenters. The van der Waals surface area contributed by atoms with Crippen molar-refractivity contribution in [1.29, 1.82) is 0 Å². The second-order valence-electron chi connectivity index (χ2n) is 7.01. The highest BCUT2D eigenvalue weighted by molar-refractivity contribution is 14.0. The SMILES string of the molecule is CCNC(=NCc1ncccc1C)NCC(c1ccccc1)N1CCCC1.I. The van der Waals surface area contributed by atoms with Gasteiger partial charge in [0.25, 0.3) is 0 Å². The fourth-order valence-corrected chi connectivity index (χ4v) is 3.56. The van der Waals surface area contributed by atoms with Crippen LogP contribution in [0.25, 0.3) is 0 Å². The number of halogens is 1. The molecule has 0 aliphatic carbocycles. The van der Waals surface area contributed by atoms with Crippen LogP contribution in [0.5, 0.6) is 0 Å². The van der Waals surface area contributed by atoms with Crippen molar-refractivity contribution in [2.45, 2.75) is 39.3 Å². The van der Waals surface area contributed by atoms with Gasteiger partial charge in [0.05, 0.1) is 18.3 Å². The van der Waals surface area contributed by atoms with Gasteiger partial charge in [0.1, 0.15) is 0 Å². The maximum atomic E-state index is 4.75. The summed E-state index contributed by atoms with van der Waals surface area (Å²) in [6, 6.07) is 15.2. The molecule has 1 aliphatic heterocycles. The van der Waals surface area contributed by atoms with Gasteiger partial charge in [0.2, 0.25) is 0 Å². The predicted octanol–water partition coefficient (Wildman–Crippen LogP) is 3.90. The zero-order valence-corrected chi connectivity index (χ0v) is 19.2. The van der Waals surface area contributed by atoms with Crippen molar-refractivity contribution in [2.75, 3.05) is 26.2 Å². The molecule has 152 valence electrons. The smallest absolute Gasteiger partial charge is 0.191 e. The molecule has 0 bridgehead atoms. The zero-order chi connectivity index (χ0) is 18.9. The Balaban J connectivity index is 0.00000280. The van der Waals surface area contributed by atoms with E-state index in [0.29, 0.717) is 12.6 Å². The molecule has 6 heteroatoms. The highest BCUT2D eigenvalue weighted by atomic mass is 127. The molecule has 1 saturated heterocycles. The minimum absolute atomic E-state index is 0. The largest absolute Gasteiger partial charge is 0.357 e. The van der Waals surface area contributed by atoms with Crippen LogP contribution in [0, 0.1) is 6.92 Å². The first-order valence-corrected chi connectivity index (χ1v) is 9.99. The first-order valence-electron chi connectivity index (χ1n) is 9.99.